The van der Waals surface area contributed by atoms with E-state index in [0.29, 0.717) is 10.6 Å². The molecular weight excluding hydrogens is 428 g/mol. The van der Waals surface area contributed by atoms with Gasteiger partial charge in [0.1, 0.15) is 5.76 Å². The van der Waals surface area contributed by atoms with Crippen LogP contribution in [0.4, 0.5) is 5.69 Å². The van der Waals surface area contributed by atoms with Crippen LogP contribution >= 0.6 is 11.6 Å². The Bertz CT molecular complexity index is 1040. The molecule has 1 aliphatic heterocycles. The van der Waals surface area contributed by atoms with Crippen LogP contribution in [-0.2, 0) is 14.3 Å². The molecule has 0 saturated carbocycles. The Morgan fingerprint density at radius 3 is 2.52 bits per heavy atom. The highest BCUT2D eigenvalue weighted by Crippen LogP contribution is 2.39. The number of carbonyl (C=O) groups excluding carboxylic acids is 2. The molecule has 2 N–H and O–H groups in total. The molecule has 1 saturated heterocycles. The van der Waals surface area contributed by atoms with Crippen LogP contribution in [0, 0.1) is 10.1 Å². The number of benzene rings is 2. The minimum Gasteiger partial charge on any atom is -0.507 e. The number of hydrogen-bond donors (Lipinski definition) is 2. The smallest absolute Gasteiger partial charge is 0.295 e. The zero-order chi connectivity index (χ0) is 22.5. The number of non-ortho nitro benzene ring substituents is 1. The topological polar surface area (TPSA) is 130 Å². The van der Waals surface area contributed by atoms with E-state index >= 15 is 0 Å². The van der Waals surface area contributed by atoms with Gasteiger partial charge in [0.05, 0.1) is 36.4 Å². The zero-order valence-corrected chi connectivity index (χ0v) is 17.0. The molecule has 0 aromatic heterocycles. The molecular formula is C21H19ClN2O7. The number of halogens is 1. The molecule has 0 bridgehead atoms. The van der Waals surface area contributed by atoms with Gasteiger partial charge < -0.3 is 19.8 Å². The summed E-state index contributed by atoms with van der Waals surface area (Å²) in [6, 6.07) is 10.7. The van der Waals surface area contributed by atoms with E-state index in [4.69, 9.17) is 21.4 Å². The van der Waals surface area contributed by atoms with Crippen molar-refractivity contribution in [2.45, 2.75) is 6.04 Å². The molecule has 162 valence electrons. The number of nitrogens with zero attached hydrogens (tertiary/aromatic N) is 2. The molecule has 0 aliphatic carbocycles. The molecule has 9 nitrogen and oxygen atoms in total. The normalized spacial score (nSPS) is 17.9. The molecule has 0 unspecified atom stereocenters. The van der Waals surface area contributed by atoms with Crippen molar-refractivity contribution in [3.63, 3.8) is 0 Å². The highest BCUT2D eigenvalue weighted by atomic mass is 35.5. The largest absolute Gasteiger partial charge is 0.507 e. The maximum absolute atomic E-state index is 12.8. The summed E-state index contributed by atoms with van der Waals surface area (Å²) in [5, 5.41) is 31.3. The Kier molecular flexibility index (Phi) is 7.01. The summed E-state index contributed by atoms with van der Waals surface area (Å²) in [4.78, 5) is 37.3. The average Bonchev–Trinajstić information content (AvgIpc) is 3.01. The highest BCUT2D eigenvalue weighted by molar-refractivity contribution is 6.46. The third kappa shape index (κ3) is 4.74. The maximum atomic E-state index is 12.8. The fourth-order valence-corrected chi connectivity index (χ4v) is 3.48. The first-order valence-corrected chi connectivity index (χ1v) is 9.70. The number of aliphatic hydroxyl groups is 2. The Morgan fingerprint density at radius 1 is 1.16 bits per heavy atom. The lowest BCUT2D eigenvalue weighted by Crippen LogP contribution is -2.33. The lowest BCUT2D eigenvalue weighted by Gasteiger charge is -2.25. The van der Waals surface area contributed by atoms with Gasteiger partial charge in [-0.15, -0.1) is 0 Å². The van der Waals surface area contributed by atoms with Crippen LogP contribution in [0.3, 0.4) is 0 Å². The summed E-state index contributed by atoms with van der Waals surface area (Å²) >= 11 is 5.96. The summed E-state index contributed by atoms with van der Waals surface area (Å²) in [6.45, 7) is -0.0203. The quantitative estimate of drug-likeness (QED) is 0.159. The fraction of sp³-hybridized carbons (Fsp3) is 0.238. The number of amides is 1. The molecule has 31 heavy (non-hydrogen) atoms. The van der Waals surface area contributed by atoms with Crippen LogP contribution in [0.1, 0.15) is 17.2 Å². The second kappa shape index (κ2) is 9.69. The van der Waals surface area contributed by atoms with Crippen molar-refractivity contribution in [2.24, 2.45) is 0 Å². The van der Waals surface area contributed by atoms with Crippen LogP contribution < -0.4 is 0 Å². The van der Waals surface area contributed by atoms with Crippen molar-refractivity contribution in [2.75, 3.05) is 26.4 Å². The number of ether oxygens (including phenoxy) is 1. The van der Waals surface area contributed by atoms with Crippen molar-refractivity contribution in [1.29, 1.82) is 0 Å². The van der Waals surface area contributed by atoms with Crippen molar-refractivity contribution in [3.05, 3.63) is 80.4 Å². The second-order valence-electron chi connectivity index (χ2n) is 6.69. The van der Waals surface area contributed by atoms with Crippen LogP contribution in [0.15, 0.2) is 54.1 Å². The summed E-state index contributed by atoms with van der Waals surface area (Å²) in [7, 11) is 0. The van der Waals surface area contributed by atoms with Crippen LogP contribution in [-0.4, -0.2) is 58.1 Å². The van der Waals surface area contributed by atoms with Gasteiger partial charge in [0.2, 0.25) is 0 Å². The van der Waals surface area contributed by atoms with Crippen molar-refractivity contribution in [3.8, 4) is 0 Å². The monoisotopic (exact) mass is 446 g/mol. The van der Waals surface area contributed by atoms with E-state index in [1.54, 1.807) is 24.3 Å². The number of aliphatic hydroxyl groups excluding tert-OH is 2. The van der Waals surface area contributed by atoms with Gasteiger partial charge in [-0.2, -0.15) is 0 Å². The van der Waals surface area contributed by atoms with E-state index < -0.39 is 28.4 Å². The molecule has 2 aromatic carbocycles. The Hall–Kier alpha value is -3.27. The van der Waals surface area contributed by atoms with Gasteiger partial charge >= 0.3 is 0 Å². The minimum absolute atomic E-state index is 0.0313. The standard InChI is InChI=1S/C21H19ClN2O7/c22-15-6-4-13(5-7-15)18-17(19(26)14-2-1-3-16(12-14)24(29)30)20(27)21(28)23(18)8-10-31-11-9-25/h1-7,12,18,25-26H,8-11H2/t18-/m1/s1. The Morgan fingerprint density at radius 2 is 1.87 bits per heavy atom. The van der Waals surface area contributed by atoms with Crippen LogP contribution in [0.2, 0.25) is 5.02 Å². The highest BCUT2D eigenvalue weighted by Gasteiger charge is 2.45. The van der Waals surface area contributed by atoms with Gasteiger partial charge in [0.25, 0.3) is 17.4 Å². The van der Waals surface area contributed by atoms with E-state index in [2.05, 4.69) is 0 Å². The van der Waals surface area contributed by atoms with Crippen LogP contribution in [0.25, 0.3) is 5.76 Å². The number of likely N-dealkylation sites (tertiary alicyclic amines) is 1. The molecule has 0 spiro atoms. The first-order chi connectivity index (χ1) is 14.8. The Balaban J connectivity index is 2.09. The first kappa shape index (κ1) is 22.4. The minimum atomic E-state index is -0.936. The molecule has 10 heteroatoms. The number of carbonyl (C=O) groups is 2. The zero-order valence-electron chi connectivity index (χ0n) is 16.2. The molecule has 3 rings (SSSR count). The predicted octanol–water partition coefficient (Wildman–Crippen LogP) is 2.68. The van der Waals surface area contributed by atoms with Crippen molar-refractivity contribution < 1.29 is 29.5 Å². The summed E-state index contributed by atoms with van der Waals surface area (Å²) in [6.07, 6.45) is 0. The van der Waals surface area contributed by atoms with Crippen molar-refractivity contribution in [1.82, 2.24) is 4.90 Å². The molecule has 1 amide bonds. The van der Waals surface area contributed by atoms with Gasteiger partial charge in [-0.1, -0.05) is 35.9 Å². The lowest BCUT2D eigenvalue weighted by molar-refractivity contribution is -0.384. The third-order valence-electron chi connectivity index (χ3n) is 4.77. The summed E-state index contributed by atoms with van der Waals surface area (Å²) in [5.74, 6) is -2.26. The molecule has 0 radical (unpaired) electrons. The molecule has 1 atom stereocenters. The molecule has 1 fully saturated rings. The van der Waals surface area contributed by atoms with Crippen molar-refractivity contribution >= 4 is 34.7 Å². The van der Waals surface area contributed by atoms with E-state index in [-0.39, 0.29) is 43.2 Å². The lowest BCUT2D eigenvalue weighted by atomic mass is 9.95. The van der Waals surface area contributed by atoms with E-state index in [1.165, 1.54) is 23.1 Å². The van der Waals surface area contributed by atoms with E-state index in [0.717, 1.165) is 6.07 Å². The molecule has 1 heterocycles. The number of Topliss-reactive ketones (excluding diaryl/α,β-unsaturated/α-hetero) is 1. The fourth-order valence-electron chi connectivity index (χ4n) is 3.35. The predicted molar refractivity (Wildman–Crippen MR) is 111 cm³/mol. The molecule has 1 aliphatic rings. The summed E-state index contributed by atoms with van der Waals surface area (Å²) in [5.41, 5.74) is 0.120. The summed E-state index contributed by atoms with van der Waals surface area (Å²) < 4.78 is 5.22. The van der Waals surface area contributed by atoms with E-state index in [9.17, 15) is 24.8 Å². The van der Waals surface area contributed by atoms with Gasteiger partial charge in [-0.05, 0) is 17.7 Å². The van der Waals surface area contributed by atoms with Gasteiger partial charge in [0, 0.05) is 29.3 Å². The van der Waals surface area contributed by atoms with Crippen LogP contribution in [0.5, 0.6) is 0 Å². The number of nitro groups is 1. The second-order valence-corrected chi connectivity index (χ2v) is 7.12. The van der Waals surface area contributed by atoms with Gasteiger partial charge in [-0.25, -0.2) is 0 Å². The molecule has 2 aromatic rings. The SMILES string of the molecule is O=C1C(=O)N(CCOCCO)[C@H](c2ccc(Cl)cc2)C1=C(O)c1cccc([N+](=O)[O-])c1. The Labute approximate surface area is 182 Å². The van der Waals surface area contributed by atoms with E-state index in [1.807, 2.05) is 0 Å². The number of nitro benzene ring substituents is 1. The first-order valence-electron chi connectivity index (χ1n) is 9.32. The van der Waals surface area contributed by atoms with Gasteiger partial charge in [0.15, 0.2) is 0 Å². The van der Waals surface area contributed by atoms with Gasteiger partial charge in [-0.3, -0.25) is 19.7 Å². The number of hydrogen-bond acceptors (Lipinski definition) is 7. The third-order valence-corrected chi connectivity index (χ3v) is 5.02. The number of ketones is 1. The maximum Gasteiger partial charge on any atom is 0.295 e. The number of rotatable bonds is 8. The average molecular weight is 447 g/mol.